The summed E-state index contributed by atoms with van der Waals surface area (Å²) in [6.07, 6.45) is 3.23. The Kier molecular flexibility index (Phi) is 6.39. The van der Waals surface area contributed by atoms with Crippen molar-refractivity contribution in [3.63, 3.8) is 0 Å². The van der Waals surface area contributed by atoms with Gasteiger partial charge in [0.05, 0.1) is 27.5 Å². The number of thiocarbonyl (C=S) groups is 1. The third-order valence-corrected chi connectivity index (χ3v) is 9.12. The minimum atomic E-state index is -3.22. The molecule has 1 aromatic carbocycles. The van der Waals surface area contributed by atoms with Crippen LogP contribution in [0.1, 0.15) is 12.0 Å². The normalized spacial score (nSPS) is 20.8. The van der Waals surface area contributed by atoms with Gasteiger partial charge >= 0.3 is 0 Å². The van der Waals surface area contributed by atoms with Crippen molar-refractivity contribution in [2.24, 2.45) is 0 Å². The Morgan fingerprint density at radius 1 is 1.20 bits per heavy atom. The summed E-state index contributed by atoms with van der Waals surface area (Å²) >= 11 is 18.6. The van der Waals surface area contributed by atoms with E-state index >= 15 is 0 Å². The fourth-order valence-corrected chi connectivity index (χ4v) is 7.38. The average Bonchev–Trinajstić information content (AvgIpc) is 3.29. The predicted octanol–water partition coefficient (Wildman–Crippen LogP) is 4.18. The molecule has 8 nitrogen and oxygen atoms in total. The van der Waals surface area contributed by atoms with Gasteiger partial charge in [0.15, 0.2) is 9.84 Å². The maximum atomic E-state index is 13.4. The lowest BCUT2D eigenvalue weighted by atomic mass is 10.2. The SMILES string of the molecule is O=C1/C(=C\c2c(Oc3ccc(Cl)cc3Cl)nc3ccccn3c2=O)SC(=S)N1C1CCS(=O)(=O)C1. The highest BCUT2D eigenvalue weighted by Gasteiger charge is 2.42. The van der Waals surface area contributed by atoms with Crippen LogP contribution in [0, 0.1) is 0 Å². The molecule has 2 aliphatic rings. The van der Waals surface area contributed by atoms with Gasteiger partial charge in [-0.1, -0.05) is 53.2 Å². The summed E-state index contributed by atoms with van der Waals surface area (Å²) in [6, 6.07) is 9.13. The maximum absolute atomic E-state index is 13.4. The number of rotatable bonds is 4. The van der Waals surface area contributed by atoms with Gasteiger partial charge in [0.25, 0.3) is 11.5 Å². The van der Waals surface area contributed by atoms with Crippen LogP contribution in [0.15, 0.2) is 52.3 Å². The molecular weight excluding hydrogens is 553 g/mol. The summed E-state index contributed by atoms with van der Waals surface area (Å²) < 4.78 is 31.3. The van der Waals surface area contributed by atoms with Gasteiger partial charge in [-0.3, -0.25) is 18.9 Å². The van der Waals surface area contributed by atoms with E-state index in [-0.39, 0.29) is 42.9 Å². The summed E-state index contributed by atoms with van der Waals surface area (Å²) in [5.41, 5.74) is -0.123. The zero-order valence-electron chi connectivity index (χ0n) is 17.7. The van der Waals surface area contributed by atoms with Crippen LogP contribution >= 0.6 is 47.2 Å². The molecule has 3 aromatic rings. The standard InChI is InChI=1S/C22H15Cl2N3O5S3/c23-12-4-5-16(15(24)9-12)32-19-14(20(28)26-7-2-1-3-18(26)25-19)10-17-21(29)27(22(33)34-17)13-6-8-35(30,31)11-13/h1-5,7,9-10,13H,6,8,11H2/b17-10+. The number of aromatic nitrogens is 2. The van der Waals surface area contributed by atoms with Crippen LogP contribution in [0.25, 0.3) is 11.7 Å². The Balaban J connectivity index is 1.59. The average molecular weight is 568 g/mol. The lowest BCUT2D eigenvalue weighted by Gasteiger charge is -2.20. The van der Waals surface area contributed by atoms with Crippen LogP contribution in [-0.2, 0) is 14.6 Å². The molecule has 0 spiro atoms. The van der Waals surface area contributed by atoms with E-state index in [2.05, 4.69) is 4.98 Å². The van der Waals surface area contributed by atoms with Crippen LogP contribution < -0.4 is 10.3 Å². The molecule has 2 saturated heterocycles. The lowest BCUT2D eigenvalue weighted by Crippen LogP contribution is -2.39. The van der Waals surface area contributed by atoms with E-state index in [9.17, 15) is 18.0 Å². The summed E-state index contributed by atoms with van der Waals surface area (Å²) in [5.74, 6) is -0.434. The second-order valence-corrected chi connectivity index (χ2v) is 12.6. The van der Waals surface area contributed by atoms with Crippen molar-refractivity contribution in [1.29, 1.82) is 0 Å². The zero-order chi connectivity index (χ0) is 24.9. The number of carbonyl (C=O) groups excluding carboxylic acids is 1. The monoisotopic (exact) mass is 567 g/mol. The third-order valence-electron chi connectivity index (χ3n) is 5.51. The molecule has 1 unspecified atom stereocenters. The zero-order valence-corrected chi connectivity index (χ0v) is 21.6. The first kappa shape index (κ1) is 24.3. The van der Waals surface area contributed by atoms with Gasteiger partial charge in [0, 0.05) is 11.2 Å². The quantitative estimate of drug-likeness (QED) is 0.342. The van der Waals surface area contributed by atoms with Crippen molar-refractivity contribution in [3.05, 3.63) is 73.5 Å². The number of hydrogen-bond donors (Lipinski definition) is 0. The minimum Gasteiger partial charge on any atom is -0.437 e. The lowest BCUT2D eigenvalue weighted by molar-refractivity contribution is -0.123. The van der Waals surface area contributed by atoms with Crippen molar-refractivity contribution < 1.29 is 17.9 Å². The van der Waals surface area contributed by atoms with Gasteiger partial charge < -0.3 is 4.74 Å². The van der Waals surface area contributed by atoms with E-state index in [1.165, 1.54) is 21.4 Å². The van der Waals surface area contributed by atoms with Gasteiger partial charge in [-0.15, -0.1) is 0 Å². The molecule has 2 fully saturated rings. The molecule has 4 heterocycles. The summed E-state index contributed by atoms with van der Waals surface area (Å²) in [6.45, 7) is 0. The van der Waals surface area contributed by atoms with Gasteiger partial charge in [-0.2, -0.15) is 4.98 Å². The second kappa shape index (κ2) is 9.21. The highest BCUT2D eigenvalue weighted by molar-refractivity contribution is 8.26. The Labute approximate surface area is 219 Å². The molecule has 5 rings (SSSR count). The van der Waals surface area contributed by atoms with Gasteiger partial charge in [-0.05, 0) is 42.8 Å². The molecule has 0 saturated carbocycles. The number of ether oxygens (including phenoxy) is 1. The molecule has 35 heavy (non-hydrogen) atoms. The summed E-state index contributed by atoms with van der Waals surface area (Å²) in [4.78, 5) is 32.5. The Bertz CT molecular complexity index is 1600. The molecule has 0 aliphatic carbocycles. The number of carbonyl (C=O) groups is 1. The Morgan fingerprint density at radius 2 is 2.00 bits per heavy atom. The van der Waals surface area contributed by atoms with E-state index in [0.29, 0.717) is 17.1 Å². The van der Waals surface area contributed by atoms with Gasteiger partial charge in [-0.25, -0.2) is 8.42 Å². The molecule has 0 N–H and O–H groups in total. The molecule has 0 bridgehead atoms. The van der Waals surface area contributed by atoms with Crippen LogP contribution in [0.2, 0.25) is 10.0 Å². The third kappa shape index (κ3) is 4.70. The van der Waals surface area contributed by atoms with Crippen LogP contribution in [0.4, 0.5) is 0 Å². The van der Waals surface area contributed by atoms with Crippen LogP contribution in [0.5, 0.6) is 11.6 Å². The van der Waals surface area contributed by atoms with E-state index < -0.39 is 27.3 Å². The number of benzene rings is 1. The van der Waals surface area contributed by atoms with Crippen molar-refractivity contribution >= 4 is 79.0 Å². The highest BCUT2D eigenvalue weighted by atomic mass is 35.5. The number of pyridine rings is 1. The predicted molar refractivity (Wildman–Crippen MR) is 140 cm³/mol. The smallest absolute Gasteiger partial charge is 0.269 e. The molecule has 0 radical (unpaired) electrons. The number of halogens is 2. The highest BCUT2D eigenvalue weighted by Crippen LogP contribution is 2.38. The molecule has 2 aliphatic heterocycles. The van der Waals surface area contributed by atoms with E-state index in [4.69, 9.17) is 40.2 Å². The minimum absolute atomic E-state index is 0.00353. The number of amides is 1. The van der Waals surface area contributed by atoms with Gasteiger partial charge in [0.1, 0.15) is 21.3 Å². The van der Waals surface area contributed by atoms with Crippen molar-refractivity contribution in [2.75, 3.05) is 11.5 Å². The van der Waals surface area contributed by atoms with Crippen LogP contribution in [-0.4, -0.2) is 50.5 Å². The molecule has 2 aromatic heterocycles. The van der Waals surface area contributed by atoms with E-state index in [0.717, 1.165) is 11.8 Å². The number of fused-ring (bicyclic) bond motifs is 1. The first-order valence-electron chi connectivity index (χ1n) is 10.2. The molecule has 1 atom stereocenters. The second-order valence-electron chi connectivity index (χ2n) is 7.85. The summed E-state index contributed by atoms with van der Waals surface area (Å²) in [7, 11) is -3.22. The van der Waals surface area contributed by atoms with E-state index in [1.807, 2.05) is 0 Å². The largest absolute Gasteiger partial charge is 0.437 e. The van der Waals surface area contributed by atoms with Crippen molar-refractivity contribution in [3.8, 4) is 11.6 Å². The fourth-order valence-electron chi connectivity index (χ4n) is 3.85. The van der Waals surface area contributed by atoms with E-state index in [1.54, 1.807) is 36.5 Å². The topological polar surface area (TPSA) is 98.0 Å². The number of nitrogens with zero attached hydrogens (tertiary/aromatic N) is 3. The van der Waals surface area contributed by atoms with Crippen molar-refractivity contribution in [2.45, 2.75) is 12.5 Å². The van der Waals surface area contributed by atoms with Crippen LogP contribution in [0.3, 0.4) is 0 Å². The number of thioether (sulfide) groups is 1. The fraction of sp³-hybridized carbons (Fsp3) is 0.182. The Morgan fingerprint density at radius 3 is 2.71 bits per heavy atom. The first-order valence-corrected chi connectivity index (χ1v) is 14.0. The van der Waals surface area contributed by atoms with Crippen molar-refractivity contribution in [1.82, 2.24) is 14.3 Å². The summed E-state index contributed by atoms with van der Waals surface area (Å²) in [5, 5.41) is 0.624. The molecule has 180 valence electrons. The number of sulfone groups is 1. The first-order chi connectivity index (χ1) is 16.6. The Hall–Kier alpha value is -2.44. The maximum Gasteiger partial charge on any atom is 0.269 e. The van der Waals surface area contributed by atoms with Gasteiger partial charge in [0.2, 0.25) is 5.88 Å². The molecular formula is C22H15Cl2N3O5S3. The molecule has 13 heteroatoms. The number of hydrogen-bond acceptors (Lipinski definition) is 8. The molecule has 1 amide bonds.